The highest BCUT2D eigenvalue weighted by molar-refractivity contribution is 9.13. The predicted octanol–water partition coefficient (Wildman–Crippen LogP) is 2.42. The summed E-state index contributed by atoms with van der Waals surface area (Å²) < 4.78 is 0.146. The third-order valence-electron chi connectivity index (χ3n) is 2.60. The smallest absolute Gasteiger partial charge is 0.298 e. The first-order valence-corrected chi connectivity index (χ1v) is 6.67. The summed E-state index contributed by atoms with van der Waals surface area (Å²) in [6.07, 6.45) is 0. The molecule has 0 aliphatic rings. The Morgan fingerprint density at radius 3 is 2.48 bits per heavy atom. The normalized spacial score (nSPS) is 10.6. The van der Waals surface area contributed by atoms with Crippen LogP contribution in [0.5, 0.6) is 5.75 Å². The average Bonchev–Trinajstić information content (AvgIpc) is 2.48. The van der Waals surface area contributed by atoms with E-state index in [1.54, 1.807) is 0 Å². The lowest BCUT2D eigenvalue weighted by atomic mass is 10.2. The quantitative estimate of drug-likeness (QED) is 0.433. The maximum Gasteiger partial charge on any atom is 0.298 e. The second-order valence-electron chi connectivity index (χ2n) is 3.77. The number of nitroso groups, excluding NO2 is 1. The molecule has 0 saturated heterocycles. The van der Waals surface area contributed by atoms with Gasteiger partial charge < -0.3 is 10.1 Å². The summed E-state index contributed by atoms with van der Waals surface area (Å²) in [7, 11) is 0. The second-order valence-corrected chi connectivity index (χ2v) is 5.42. The highest BCUT2D eigenvalue weighted by Crippen LogP contribution is 2.37. The van der Waals surface area contributed by atoms with E-state index in [4.69, 9.17) is 0 Å². The van der Waals surface area contributed by atoms with E-state index >= 15 is 0 Å². The van der Waals surface area contributed by atoms with Crippen molar-refractivity contribution in [3.8, 4) is 5.75 Å². The van der Waals surface area contributed by atoms with Gasteiger partial charge in [-0.05, 0) is 43.1 Å². The molecule has 1 aromatic heterocycles. The number of hydrogen-bond donors (Lipinski definition) is 2. The number of aromatic nitrogens is 1. The van der Waals surface area contributed by atoms with Gasteiger partial charge in [0.15, 0.2) is 5.75 Å². The molecule has 0 aliphatic carbocycles. The minimum absolute atomic E-state index is 0.0517. The molecular weight excluding hydrogens is 418 g/mol. The lowest BCUT2D eigenvalue weighted by Gasteiger charge is -2.01. The third-order valence-corrected chi connectivity index (χ3v) is 4.56. The molecule has 0 unspecified atom stereocenters. The largest absolute Gasteiger partial charge is 0.502 e. The first-order valence-electron chi connectivity index (χ1n) is 5.08. The fourth-order valence-electron chi connectivity index (χ4n) is 1.71. The van der Waals surface area contributed by atoms with E-state index in [1.807, 2.05) is 0 Å². The molecule has 0 amide bonds. The third kappa shape index (κ3) is 2.34. The van der Waals surface area contributed by atoms with Gasteiger partial charge in [0, 0.05) is 4.47 Å². The molecule has 9 nitrogen and oxygen atoms in total. The summed E-state index contributed by atoms with van der Waals surface area (Å²) >= 11 is 5.97. The van der Waals surface area contributed by atoms with Crippen molar-refractivity contribution in [3.63, 3.8) is 0 Å². The molecule has 11 heteroatoms. The second kappa shape index (κ2) is 5.33. The number of fused-ring (bicyclic) bond motifs is 1. The van der Waals surface area contributed by atoms with E-state index in [1.165, 1.54) is 6.07 Å². The number of nitro groups is 1. The number of nitrogens with one attached hydrogen (secondary N) is 1. The summed E-state index contributed by atoms with van der Waals surface area (Å²) in [6, 6.07) is 1.23. The maximum atomic E-state index is 12.1. The minimum atomic E-state index is -1.25. The fourth-order valence-corrected chi connectivity index (χ4v) is 2.59. The van der Waals surface area contributed by atoms with Crippen LogP contribution in [0.25, 0.3) is 10.9 Å². The Balaban J connectivity index is 3.31. The van der Waals surface area contributed by atoms with Gasteiger partial charge >= 0.3 is 0 Å². The number of aromatic hydroxyl groups is 1. The first kappa shape index (κ1) is 15.3. The zero-order valence-electron chi connectivity index (χ0n) is 9.72. The van der Waals surface area contributed by atoms with Crippen molar-refractivity contribution >= 4 is 54.1 Å². The van der Waals surface area contributed by atoms with Gasteiger partial charge in [-0.3, -0.25) is 19.7 Å². The molecule has 1 aromatic carbocycles. The van der Waals surface area contributed by atoms with Crippen molar-refractivity contribution in [1.82, 2.24) is 4.98 Å². The van der Waals surface area contributed by atoms with Crippen molar-refractivity contribution in [1.29, 1.82) is 0 Å². The highest BCUT2D eigenvalue weighted by Gasteiger charge is 2.25. The number of rotatable bonds is 2. The van der Waals surface area contributed by atoms with E-state index in [0.29, 0.717) is 0 Å². The Morgan fingerprint density at radius 2 is 1.95 bits per heavy atom. The Hall–Kier alpha value is -2.14. The van der Waals surface area contributed by atoms with Crippen LogP contribution >= 0.6 is 31.9 Å². The number of hydrogen-bond acceptors (Lipinski definition) is 7. The maximum absolute atomic E-state index is 12.1. The number of nitrogens with zero attached hydrogens (tertiary/aromatic N) is 2. The predicted molar refractivity (Wildman–Crippen MR) is 80.0 cm³/mol. The van der Waals surface area contributed by atoms with Crippen LogP contribution < -0.4 is 11.0 Å². The van der Waals surface area contributed by atoms with Crippen molar-refractivity contribution in [2.75, 3.05) is 0 Å². The van der Waals surface area contributed by atoms with Crippen LogP contribution in [-0.2, 0) is 0 Å². The van der Waals surface area contributed by atoms with Gasteiger partial charge in [-0.1, -0.05) is 0 Å². The number of aromatic amines is 1. The molecule has 1 heterocycles. The summed E-state index contributed by atoms with van der Waals surface area (Å²) in [6.45, 7) is 0. The van der Waals surface area contributed by atoms with Crippen LogP contribution in [0.3, 0.4) is 0 Å². The molecule has 21 heavy (non-hydrogen) atoms. The van der Waals surface area contributed by atoms with Crippen molar-refractivity contribution < 1.29 is 10.0 Å². The Kier molecular flexibility index (Phi) is 3.87. The fraction of sp³-hybridized carbons (Fsp3) is 0. The van der Waals surface area contributed by atoms with E-state index in [9.17, 15) is 29.7 Å². The molecule has 2 N–H and O–H groups in total. The molecule has 0 saturated carbocycles. The molecule has 108 valence electrons. The van der Waals surface area contributed by atoms with Crippen LogP contribution in [-0.4, -0.2) is 15.0 Å². The molecule has 0 aliphatic heterocycles. The van der Waals surface area contributed by atoms with Gasteiger partial charge in [-0.25, -0.2) is 0 Å². The Bertz CT molecular complexity index is 923. The molecule has 0 spiro atoms. The highest BCUT2D eigenvalue weighted by atomic mass is 79.9. The van der Waals surface area contributed by atoms with Crippen LogP contribution in [0.15, 0.2) is 29.8 Å². The van der Waals surface area contributed by atoms with Gasteiger partial charge in [-0.15, -0.1) is 4.91 Å². The number of nitro benzene ring substituents is 1. The minimum Gasteiger partial charge on any atom is -0.502 e. The Labute approximate surface area is 131 Å². The van der Waals surface area contributed by atoms with E-state index in [-0.39, 0.29) is 14.5 Å². The van der Waals surface area contributed by atoms with Gasteiger partial charge in [-0.2, -0.15) is 0 Å². The average molecular weight is 421 g/mol. The number of benzene rings is 1. The summed E-state index contributed by atoms with van der Waals surface area (Å²) in [5, 5.41) is 22.5. The monoisotopic (exact) mass is 419 g/mol. The zero-order chi connectivity index (χ0) is 15.9. The van der Waals surface area contributed by atoms with Gasteiger partial charge in [0.25, 0.3) is 11.2 Å². The summed E-state index contributed by atoms with van der Waals surface area (Å²) in [5.74, 6) is -1.25. The van der Waals surface area contributed by atoms with Gasteiger partial charge in [0.2, 0.25) is 11.1 Å². The molecule has 2 rings (SSSR count). The number of H-pyrrole nitrogens is 1. The Morgan fingerprint density at radius 1 is 1.33 bits per heavy atom. The van der Waals surface area contributed by atoms with Crippen LogP contribution in [0, 0.1) is 15.0 Å². The molecule has 2 aromatic rings. The van der Waals surface area contributed by atoms with E-state index in [0.717, 1.165) is 0 Å². The van der Waals surface area contributed by atoms with Crippen molar-refractivity contribution in [2.45, 2.75) is 0 Å². The van der Waals surface area contributed by atoms with E-state index in [2.05, 4.69) is 42.0 Å². The molecule has 0 bridgehead atoms. The first-order chi connectivity index (χ1) is 9.79. The topological polar surface area (TPSA) is 143 Å². The van der Waals surface area contributed by atoms with Crippen molar-refractivity contribution in [3.05, 3.63) is 50.6 Å². The van der Waals surface area contributed by atoms with Crippen LogP contribution in [0.1, 0.15) is 0 Å². The molecule has 0 atom stereocenters. The SMILES string of the molecule is O=Nc1c(O)c(=O)c2c([N+](=O)[O-])c(Br)c(Br)cc2[nH]c1=O. The summed E-state index contributed by atoms with van der Waals surface area (Å²) in [4.78, 5) is 46.7. The lowest BCUT2D eigenvalue weighted by molar-refractivity contribution is -0.384. The standard InChI is InChI=1S/C10H3Br2N3O6/c11-2-1-3-4(7(5(2)12)15(20)21)8(16)9(17)6(14-19)10(18)13-3/h1H,(H,13,18)(H,16,17). The lowest BCUT2D eigenvalue weighted by Crippen LogP contribution is -2.03. The summed E-state index contributed by atoms with van der Waals surface area (Å²) in [5.41, 5.74) is -4.32. The molecule has 0 fully saturated rings. The van der Waals surface area contributed by atoms with Crippen molar-refractivity contribution in [2.24, 2.45) is 5.18 Å². The van der Waals surface area contributed by atoms with Gasteiger partial charge in [0.1, 0.15) is 9.86 Å². The van der Waals surface area contributed by atoms with Crippen LogP contribution in [0.2, 0.25) is 0 Å². The van der Waals surface area contributed by atoms with Gasteiger partial charge in [0.05, 0.1) is 10.4 Å². The molecular formula is C10H3Br2N3O6. The number of halogens is 2. The van der Waals surface area contributed by atoms with E-state index < -0.39 is 38.4 Å². The van der Waals surface area contributed by atoms with Crippen LogP contribution in [0.4, 0.5) is 11.4 Å². The zero-order valence-corrected chi connectivity index (χ0v) is 12.9. The molecule has 0 radical (unpaired) electrons.